The van der Waals surface area contributed by atoms with Gasteiger partial charge in [-0.2, -0.15) is 0 Å². The normalized spacial score (nSPS) is 17.9. The number of aliphatic hydroxyl groups is 1. The van der Waals surface area contributed by atoms with Crippen LogP contribution in [0.1, 0.15) is 18.1 Å². The third-order valence-electron chi connectivity index (χ3n) is 3.89. The highest BCUT2D eigenvalue weighted by atomic mass is 19.1. The van der Waals surface area contributed by atoms with Gasteiger partial charge in [0.05, 0.1) is 6.61 Å². The molecule has 1 N–H and O–H groups in total. The standard InChI is InChI=1S/C17H18FNO/c1-12-9-13-5-2-3-7-16(13)19(10-12)17-8-4-6-15(18)14(17)11-20/h2-8,12,20H,9-11H2,1H3. The fraction of sp³-hybridized carbons (Fsp3) is 0.294. The molecule has 0 aliphatic carbocycles. The van der Waals surface area contributed by atoms with Crippen LogP contribution in [0.2, 0.25) is 0 Å². The molecule has 1 atom stereocenters. The van der Waals surface area contributed by atoms with E-state index in [1.54, 1.807) is 6.07 Å². The number of anilines is 2. The molecule has 0 aromatic heterocycles. The summed E-state index contributed by atoms with van der Waals surface area (Å²) in [7, 11) is 0. The first-order chi connectivity index (χ1) is 9.70. The van der Waals surface area contributed by atoms with Crippen LogP contribution in [0.15, 0.2) is 42.5 Å². The number of halogens is 1. The summed E-state index contributed by atoms with van der Waals surface area (Å²) in [5.41, 5.74) is 3.54. The maximum atomic E-state index is 13.9. The van der Waals surface area contributed by atoms with Gasteiger partial charge < -0.3 is 10.0 Å². The maximum absolute atomic E-state index is 13.9. The molecular formula is C17H18FNO. The van der Waals surface area contributed by atoms with Crippen molar-refractivity contribution in [2.75, 3.05) is 11.4 Å². The van der Waals surface area contributed by atoms with Gasteiger partial charge in [0.1, 0.15) is 5.82 Å². The third kappa shape index (κ3) is 2.18. The van der Waals surface area contributed by atoms with E-state index in [2.05, 4.69) is 24.0 Å². The van der Waals surface area contributed by atoms with E-state index in [-0.39, 0.29) is 12.4 Å². The molecule has 20 heavy (non-hydrogen) atoms. The Morgan fingerprint density at radius 3 is 2.70 bits per heavy atom. The van der Waals surface area contributed by atoms with Crippen LogP contribution in [0, 0.1) is 11.7 Å². The van der Waals surface area contributed by atoms with Crippen molar-refractivity contribution in [2.24, 2.45) is 5.92 Å². The highest BCUT2D eigenvalue weighted by molar-refractivity contribution is 5.70. The Bertz CT molecular complexity index is 626. The van der Waals surface area contributed by atoms with Crippen LogP contribution in [0.4, 0.5) is 15.8 Å². The van der Waals surface area contributed by atoms with Gasteiger partial charge in [-0.05, 0) is 36.1 Å². The number of hydrogen-bond donors (Lipinski definition) is 1. The van der Waals surface area contributed by atoms with Crippen LogP contribution >= 0.6 is 0 Å². The minimum absolute atomic E-state index is 0.283. The van der Waals surface area contributed by atoms with E-state index in [1.165, 1.54) is 11.6 Å². The Morgan fingerprint density at radius 2 is 1.90 bits per heavy atom. The first-order valence-corrected chi connectivity index (χ1v) is 6.94. The number of para-hydroxylation sites is 1. The molecule has 2 nitrogen and oxygen atoms in total. The lowest BCUT2D eigenvalue weighted by molar-refractivity contribution is 0.276. The molecule has 0 radical (unpaired) electrons. The van der Waals surface area contributed by atoms with Crippen LogP contribution in [-0.4, -0.2) is 11.7 Å². The zero-order valence-corrected chi connectivity index (χ0v) is 11.5. The number of fused-ring (bicyclic) bond motifs is 1. The van der Waals surface area contributed by atoms with Crippen molar-refractivity contribution in [3.8, 4) is 0 Å². The monoisotopic (exact) mass is 271 g/mol. The van der Waals surface area contributed by atoms with Crippen molar-refractivity contribution in [3.05, 3.63) is 59.4 Å². The van der Waals surface area contributed by atoms with E-state index in [0.717, 1.165) is 24.3 Å². The molecule has 0 spiro atoms. The maximum Gasteiger partial charge on any atom is 0.130 e. The molecule has 0 saturated carbocycles. The Kier molecular flexibility index (Phi) is 3.45. The first kappa shape index (κ1) is 13.1. The minimum Gasteiger partial charge on any atom is -0.391 e. The van der Waals surface area contributed by atoms with E-state index in [1.807, 2.05) is 18.2 Å². The molecule has 1 aliphatic heterocycles. The molecule has 0 saturated heterocycles. The van der Waals surface area contributed by atoms with Gasteiger partial charge in [-0.25, -0.2) is 4.39 Å². The zero-order chi connectivity index (χ0) is 14.1. The SMILES string of the molecule is CC1Cc2ccccc2N(c2cccc(F)c2CO)C1. The molecule has 1 heterocycles. The molecule has 2 aromatic carbocycles. The molecule has 2 aromatic rings. The van der Waals surface area contributed by atoms with Crippen LogP contribution in [0.25, 0.3) is 0 Å². The lowest BCUT2D eigenvalue weighted by Crippen LogP contribution is -2.31. The number of benzene rings is 2. The molecule has 1 unspecified atom stereocenters. The van der Waals surface area contributed by atoms with E-state index >= 15 is 0 Å². The molecule has 3 heteroatoms. The number of hydrogen-bond acceptors (Lipinski definition) is 2. The Morgan fingerprint density at radius 1 is 1.15 bits per heavy atom. The van der Waals surface area contributed by atoms with Gasteiger partial charge in [0.25, 0.3) is 0 Å². The van der Waals surface area contributed by atoms with Crippen molar-refractivity contribution >= 4 is 11.4 Å². The molecule has 3 rings (SSSR count). The van der Waals surface area contributed by atoms with Crippen molar-refractivity contribution in [2.45, 2.75) is 20.0 Å². The lowest BCUT2D eigenvalue weighted by Gasteiger charge is -2.36. The summed E-state index contributed by atoms with van der Waals surface area (Å²) < 4.78 is 13.9. The van der Waals surface area contributed by atoms with Gasteiger partial charge >= 0.3 is 0 Å². The Hall–Kier alpha value is -1.87. The van der Waals surface area contributed by atoms with E-state index < -0.39 is 0 Å². The highest BCUT2D eigenvalue weighted by Gasteiger charge is 2.24. The van der Waals surface area contributed by atoms with Crippen molar-refractivity contribution < 1.29 is 9.50 Å². The van der Waals surface area contributed by atoms with Gasteiger partial charge in [0.15, 0.2) is 0 Å². The van der Waals surface area contributed by atoms with E-state index in [9.17, 15) is 9.50 Å². The second-order valence-electron chi connectivity index (χ2n) is 5.44. The van der Waals surface area contributed by atoms with Crippen molar-refractivity contribution in [1.29, 1.82) is 0 Å². The molecular weight excluding hydrogens is 253 g/mol. The predicted octanol–water partition coefficient (Wildman–Crippen LogP) is 3.65. The summed E-state index contributed by atoms with van der Waals surface area (Å²) in [6.45, 7) is 2.75. The van der Waals surface area contributed by atoms with Crippen LogP contribution < -0.4 is 4.90 Å². The summed E-state index contributed by atoms with van der Waals surface area (Å²) in [5.74, 6) is 0.153. The van der Waals surface area contributed by atoms with Crippen LogP contribution in [-0.2, 0) is 13.0 Å². The number of nitrogens with zero attached hydrogens (tertiary/aromatic N) is 1. The largest absolute Gasteiger partial charge is 0.391 e. The average Bonchev–Trinajstić information content (AvgIpc) is 2.46. The Labute approximate surface area is 118 Å². The summed E-state index contributed by atoms with van der Waals surface area (Å²) in [6, 6.07) is 13.2. The summed E-state index contributed by atoms with van der Waals surface area (Å²) in [4.78, 5) is 2.12. The van der Waals surface area contributed by atoms with Gasteiger partial charge in [0, 0.05) is 23.5 Å². The highest BCUT2D eigenvalue weighted by Crippen LogP contribution is 2.37. The van der Waals surface area contributed by atoms with Gasteiger partial charge in [-0.1, -0.05) is 31.2 Å². The topological polar surface area (TPSA) is 23.5 Å². The number of rotatable bonds is 2. The summed E-state index contributed by atoms with van der Waals surface area (Å²) >= 11 is 0. The first-order valence-electron chi connectivity index (χ1n) is 6.94. The van der Waals surface area contributed by atoms with Gasteiger partial charge in [-0.15, -0.1) is 0 Å². The second kappa shape index (κ2) is 5.25. The molecule has 0 fully saturated rings. The quantitative estimate of drug-likeness (QED) is 0.901. The smallest absolute Gasteiger partial charge is 0.130 e. The zero-order valence-electron chi connectivity index (χ0n) is 11.5. The number of aliphatic hydroxyl groups excluding tert-OH is 1. The predicted molar refractivity (Wildman–Crippen MR) is 78.6 cm³/mol. The summed E-state index contributed by atoms with van der Waals surface area (Å²) in [6.07, 6.45) is 1.04. The van der Waals surface area contributed by atoms with Gasteiger partial charge in [-0.3, -0.25) is 0 Å². The minimum atomic E-state index is -0.347. The summed E-state index contributed by atoms with van der Waals surface area (Å²) in [5, 5.41) is 9.48. The van der Waals surface area contributed by atoms with Crippen LogP contribution in [0.5, 0.6) is 0 Å². The molecule has 1 aliphatic rings. The lowest BCUT2D eigenvalue weighted by atomic mass is 9.93. The Balaban J connectivity index is 2.13. The molecule has 0 bridgehead atoms. The van der Waals surface area contributed by atoms with Gasteiger partial charge in [0.2, 0.25) is 0 Å². The van der Waals surface area contributed by atoms with Crippen LogP contribution in [0.3, 0.4) is 0 Å². The van der Waals surface area contributed by atoms with Crippen molar-refractivity contribution in [1.82, 2.24) is 0 Å². The van der Waals surface area contributed by atoms with E-state index in [0.29, 0.717) is 11.5 Å². The molecule has 0 amide bonds. The molecule has 104 valence electrons. The van der Waals surface area contributed by atoms with Crippen molar-refractivity contribution in [3.63, 3.8) is 0 Å². The fourth-order valence-corrected chi connectivity index (χ4v) is 2.98. The average molecular weight is 271 g/mol. The second-order valence-corrected chi connectivity index (χ2v) is 5.44. The van der Waals surface area contributed by atoms with E-state index in [4.69, 9.17) is 0 Å². The third-order valence-corrected chi connectivity index (χ3v) is 3.89. The fourth-order valence-electron chi connectivity index (χ4n) is 2.98.